The molecule has 0 aromatic heterocycles. The minimum absolute atomic E-state index is 0.00140. The fourth-order valence-electron chi connectivity index (χ4n) is 5.56. The van der Waals surface area contributed by atoms with Crippen molar-refractivity contribution in [2.75, 3.05) is 12.4 Å². The van der Waals surface area contributed by atoms with Gasteiger partial charge in [0.15, 0.2) is 5.78 Å². The number of hydrogen-bond acceptors (Lipinski definition) is 10. The van der Waals surface area contributed by atoms with E-state index < -0.39 is 65.8 Å². The van der Waals surface area contributed by atoms with E-state index in [1.165, 1.54) is 43.3 Å². The van der Waals surface area contributed by atoms with E-state index in [0.29, 0.717) is 23.4 Å². The highest BCUT2D eigenvalue weighted by molar-refractivity contribution is 6.17. The van der Waals surface area contributed by atoms with E-state index in [1.54, 1.807) is 12.1 Å². The Hall–Kier alpha value is -4.24. The number of carbonyl (C=O) groups is 5. The van der Waals surface area contributed by atoms with Gasteiger partial charge in [-0.2, -0.15) is 0 Å². The predicted octanol–water partition coefficient (Wildman–Crippen LogP) is 2.28. The molecule has 0 fully saturated rings. The number of rotatable bonds is 25. The van der Waals surface area contributed by atoms with Crippen molar-refractivity contribution in [2.45, 2.75) is 115 Å². The van der Waals surface area contributed by atoms with E-state index in [2.05, 4.69) is 21.3 Å². The molecular formula is C38H56ClN5O9. The van der Waals surface area contributed by atoms with E-state index in [4.69, 9.17) is 17.3 Å². The van der Waals surface area contributed by atoms with Gasteiger partial charge in [-0.15, -0.1) is 11.6 Å². The maximum atomic E-state index is 13.7. The fourth-order valence-corrected chi connectivity index (χ4v) is 5.75. The molecule has 0 aliphatic heterocycles. The van der Waals surface area contributed by atoms with Crippen LogP contribution in [0, 0.1) is 5.92 Å². The topological polar surface area (TPSA) is 240 Å². The monoisotopic (exact) mass is 761 g/mol. The molecule has 15 heteroatoms. The number of halogens is 1. The first-order chi connectivity index (χ1) is 25.1. The molecule has 3 amide bonds. The summed E-state index contributed by atoms with van der Waals surface area (Å²) in [5.74, 6) is -3.33. The van der Waals surface area contributed by atoms with Gasteiger partial charge in [0, 0.05) is 24.8 Å². The molecule has 0 bridgehead atoms. The van der Waals surface area contributed by atoms with Crippen molar-refractivity contribution in [1.82, 2.24) is 21.3 Å². The van der Waals surface area contributed by atoms with Crippen LogP contribution in [0.3, 0.4) is 0 Å². The fraction of sp³-hybridized carbons (Fsp3) is 0.553. The van der Waals surface area contributed by atoms with Gasteiger partial charge in [0.1, 0.15) is 29.7 Å². The van der Waals surface area contributed by atoms with Crippen molar-refractivity contribution in [3.8, 4) is 11.5 Å². The second kappa shape index (κ2) is 23.4. The van der Waals surface area contributed by atoms with Crippen LogP contribution in [0.2, 0.25) is 0 Å². The van der Waals surface area contributed by atoms with Gasteiger partial charge in [-0.3, -0.25) is 24.5 Å². The number of carbonyl (C=O) groups excluding carboxylic acids is 4. The van der Waals surface area contributed by atoms with Crippen LogP contribution in [-0.4, -0.2) is 98.6 Å². The average molecular weight is 762 g/mol. The van der Waals surface area contributed by atoms with Crippen molar-refractivity contribution < 1.29 is 44.4 Å². The van der Waals surface area contributed by atoms with Gasteiger partial charge in [-0.1, -0.05) is 63.8 Å². The summed E-state index contributed by atoms with van der Waals surface area (Å²) in [5, 5.41) is 50.3. The van der Waals surface area contributed by atoms with Crippen LogP contribution < -0.4 is 27.0 Å². The normalized spacial score (nSPS) is 14.7. The molecule has 0 radical (unpaired) electrons. The number of phenols is 2. The van der Waals surface area contributed by atoms with Crippen molar-refractivity contribution in [3.63, 3.8) is 0 Å². The van der Waals surface area contributed by atoms with Crippen LogP contribution in [0.5, 0.6) is 11.5 Å². The number of unbranched alkanes of at least 4 members (excludes halogenated alkanes) is 4. The first-order valence-corrected chi connectivity index (χ1v) is 18.6. The van der Waals surface area contributed by atoms with Crippen molar-refractivity contribution in [3.05, 3.63) is 59.7 Å². The number of hydrogen-bond donors (Lipinski definition) is 9. The number of amides is 3. The summed E-state index contributed by atoms with van der Waals surface area (Å²) >= 11 is 5.69. The maximum Gasteiger partial charge on any atom is 0.326 e. The number of carboxylic acids is 1. The molecule has 0 aliphatic rings. The molecule has 0 saturated heterocycles. The van der Waals surface area contributed by atoms with Crippen LogP contribution >= 0.6 is 11.6 Å². The summed E-state index contributed by atoms with van der Waals surface area (Å²) in [6.07, 6.45) is 3.62. The van der Waals surface area contributed by atoms with Crippen LogP contribution in [0.1, 0.15) is 76.8 Å². The Labute approximate surface area is 316 Å². The number of carboxylic acid groups (broad SMARTS) is 1. The second-order valence-electron chi connectivity index (χ2n) is 13.8. The standard InChI is InChI=1S/C38H56ClN5O9/c1-23(2)19-30(41-22-33(47)24(3)42-37(51)34(48)29(40)9-7-5-4-6-8-18-39)35(49)43-31(20-25-10-14-27(45)15-11-25)36(50)44-32(38(52)53)21-26-12-16-28(46)17-13-26/h10-17,23-24,29-32,34,41,45-46,48H,4-9,18-22,40H2,1-3H3,(H,42,51)(H,43,49)(H,44,50)(H,52,53). The number of benzene rings is 2. The molecule has 294 valence electrons. The first kappa shape index (κ1) is 44.9. The van der Waals surface area contributed by atoms with Crippen LogP contribution in [-0.2, 0) is 36.8 Å². The van der Waals surface area contributed by atoms with Crippen molar-refractivity contribution >= 4 is 41.1 Å². The van der Waals surface area contributed by atoms with Gasteiger partial charge in [0.2, 0.25) is 11.8 Å². The molecule has 0 spiro atoms. The van der Waals surface area contributed by atoms with E-state index in [-0.39, 0.29) is 43.2 Å². The second-order valence-corrected chi connectivity index (χ2v) is 14.2. The minimum Gasteiger partial charge on any atom is -0.508 e. The lowest BCUT2D eigenvalue weighted by atomic mass is 10.00. The van der Waals surface area contributed by atoms with Crippen molar-refractivity contribution in [2.24, 2.45) is 11.7 Å². The number of nitrogens with two attached hydrogens (primary N) is 1. The number of phenolic OH excluding ortho intramolecular Hbond substituents is 2. The summed E-state index contributed by atoms with van der Waals surface area (Å²) < 4.78 is 0. The highest BCUT2D eigenvalue weighted by atomic mass is 35.5. The average Bonchev–Trinajstić information content (AvgIpc) is 3.11. The predicted molar refractivity (Wildman–Crippen MR) is 201 cm³/mol. The van der Waals surface area contributed by atoms with Gasteiger partial charge in [-0.25, -0.2) is 4.79 Å². The lowest BCUT2D eigenvalue weighted by Crippen LogP contribution is -2.57. The van der Waals surface area contributed by atoms with Crippen LogP contribution in [0.15, 0.2) is 48.5 Å². The zero-order valence-electron chi connectivity index (χ0n) is 30.7. The van der Waals surface area contributed by atoms with Gasteiger partial charge >= 0.3 is 5.97 Å². The number of aliphatic carboxylic acids is 1. The minimum atomic E-state index is -1.50. The Morgan fingerprint density at radius 2 is 1.19 bits per heavy atom. The quantitative estimate of drug-likeness (QED) is 0.0525. The molecule has 10 N–H and O–H groups in total. The Bertz CT molecular complexity index is 1460. The summed E-state index contributed by atoms with van der Waals surface area (Å²) in [6, 6.07) is 6.50. The number of aliphatic hydroxyl groups excluding tert-OH is 1. The molecule has 2 rings (SSSR count). The number of ketones is 1. The highest BCUT2D eigenvalue weighted by Crippen LogP contribution is 2.15. The van der Waals surface area contributed by atoms with Crippen LogP contribution in [0.25, 0.3) is 0 Å². The third-order valence-electron chi connectivity index (χ3n) is 8.73. The molecule has 53 heavy (non-hydrogen) atoms. The third kappa shape index (κ3) is 17.0. The van der Waals surface area contributed by atoms with Gasteiger partial charge in [0.25, 0.3) is 5.91 Å². The zero-order chi connectivity index (χ0) is 39.5. The molecule has 0 aliphatic carbocycles. The third-order valence-corrected chi connectivity index (χ3v) is 9.00. The SMILES string of the molecule is CC(C)CC(NCC(=O)C(C)NC(=O)C(O)C(N)CCCCCCCCl)C(=O)NC(Cc1ccc(O)cc1)C(=O)NC(Cc1ccc(O)cc1)C(=O)O. The summed E-state index contributed by atoms with van der Waals surface area (Å²) in [6.45, 7) is 4.89. The smallest absolute Gasteiger partial charge is 0.326 e. The number of nitrogens with one attached hydrogen (secondary N) is 4. The van der Waals surface area contributed by atoms with Gasteiger partial charge in [-0.05, 0) is 67.5 Å². The Morgan fingerprint density at radius 3 is 1.72 bits per heavy atom. The lowest BCUT2D eigenvalue weighted by Gasteiger charge is -2.26. The maximum absolute atomic E-state index is 13.7. The summed E-state index contributed by atoms with van der Waals surface area (Å²) in [5.41, 5.74) is 7.16. The molecule has 0 heterocycles. The van der Waals surface area contributed by atoms with E-state index in [1.807, 2.05) is 13.8 Å². The Kier molecular flexibility index (Phi) is 19.9. The Morgan fingerprint density at radius 1 is 0.698 bits per heavy atom. The lowest BCUT2D eigenvalue weighted by molar-refractivity contribution is -0.142. The molecular weight excluding hydrogens is 706 g/mol. The van der Waals surface area contributed by atoms with Crippen molar-refractivity contribution in [1.29, 1.82) is 0 Å². The van der Waals surface area contributed by atoms with E-state index in [0.717, 1.165) is 32.1 Å². The summed E-state index contributed by atoms with van der Waals surface area (Å²) in [4.78, 5) is 65.1. The molecule has 14 nitrogen and oxygen atoms in total. The van der Waals surface area contributed by atoms with E-state index in [9.17, 15) is 44.4 Å². The molecule has 2 aromatic rings. The van der Waals surface area contributed by atoms with Crippen LogP contribution in [0.4, 0.5) is 0 Å². The molecule has 6 atom stereocenters. The largest absolute Gasteiger partial charge is 0.508 e. The number of Topliss-reactive ketones (excluding diaryl/α,β-unsaturated/α-hetero) is 1. The summed E-state index contributed by atoms with van der Waals surface area (Å²) in [7, 11) is 0. The van der Waals surface area contributed by atoms with Gasteiger partial charge < -0.3 is 42.1 Å². The number of aromatic hydroxyl groups is 2. The Balaban J connectivity index is 2.09. The molecule has 2 aromatic carbocycles. The van der Waals surface area contributed by atoms with E-state index >= 15 is 0 Å². The molecule has 6 unspecified atom stereocenters. The zero-order valence-corrected chi connectivity index (χ0v) is 31.5. The first-order valence-electron chi connectivity index (χ1n) is 18.1. The number of alkyl halides is 1. The highest BCUT2D eigenvalue weighted by Gasteiger charge is 2.31. The molecule has 0 saturated carbocycles. The van der Waals surface area contributed by atoms with Gasteiger partial charge in [0.05, 0.1) is 18.6 Å². The number of aliphatic hydroxyl groups is 1.